The lowest BCUT2D eigenvalue weighted by Gasteiger charge is -2.29. The maximum atomic E-state index is 12.8. The summed E-state index contributed by atoms with van der Waals surface area (Å²) in [6, 6.07) is 7.91. The average Bonchev–Trinajstić information content (AvgIpc) is 2.89. The number of thioether (sulfide) groups is 1. The van der Waals surface area contributed by atoms with E-state index < -0.39 is 0 Å². The van der Waals surface area contributed by atoms with Gasteiger partial charge in [0.2, 0.25) is 5.91 Å². The summed E-state index contributed by atoms with van der Waals surface area (Å²) in [5.41, 5.74) is 2.46. The molecule has 0 saturated heterocycles. The molecule has 2 aliphatic heterocycles. The van der Waals surface area contributed by atoms with Gasteiger partial charge < -0.3 is 10.2 Å². The topological polar surface area (TPSA) is 67.2 Å². The van der Waals surface area contributed by atoms with Gasteiger partial charge in [-0.2, -0.15) is 0 Å². The van der Waals surface area contributed by atoms with E-state index in [1.165, 1.54) is 10.9 Å². The highest BCUT2D eigenvalue weighted by Crippen LogP contribution is 2.34. The zero-order valence-electron chi connectivity index (χ0n) is 13.9. The van der Waals surface area contributed by atoms with Gasteiger partial charge in [0.25, 0.3) is 5.56 Å². The molecule has 1 aromatic carbocycles. The van der Waals surface area contributed by atoms with Gasteiger partial charge in [0, 0.05) is 35.7 Å². The number of hydrogen-bond donors (Lipinski definition) is 1. The van der Waals surface area contributed by atoms with Crippen LogP contribution < -0.4 is 15.8 Å². The van der Waals surface area contributed by atoms with Crippen LogP contribution in [-0.4, -0.2) is 40.8 Å². The Morgan fingerprint density at radius 2 is 2.08 bits per heavy atom. The number of para-hydroxylation sites is 1. The number of amides is 1. The quantitative estimate of drug-likeness (QED) is 0.872. The van der Waals surface area contributed by atoms with E-state index in [-0.39, 0.29) is 18.0 Å². The van der Waals surface area contributed by atoms with Crippen LogP contribution >= 0.6 is 11.8 Å². The molecule has 4 rings (SSSR count). The van der Waals surface area contributed by atoms with Gasteiger partial charge in [-0.3, -0.25) is 14.2 Å². The summed E-state index contributed by atoms with van der Waals surface area (Å²) in [7, 11) is 0. The number of rotatable bonds is 2. The van der Waals surface area contributed by atoms with E-state index in [1.807, 2.05) is 24.3 Å². The number of benzene rings is 1. The van der Waals surface area contributed by atoms with Crippen molar-refractivity contribution in [2.75, 3.05) is 30.3 Å². The van der Waals surface area contributed by atoms with Crippen LogP contribution in [0.2, 0.25) is 0 Å². The highest BCUT2D eigenvalue weighted by Gasteiger charge is 2.24. The van der Waals surface area contributed by atoms with Crippen molar-refractivity contribution in [3.05, 3.63) is 52.2 Å². The van der Waals surface area contributed by atoms with Crippen molar-refractivity contribution < 1.29 is 4.79 Å². The Labute approximate surface area is 150 Å². The number of carbonyl (C=O) groups is 1. The fourth-order valence-electron chi connectivity index (χ4n) is 3.35. The van der Waals surface area contributed by atoms with Crippen LogP contribution in [0.4, 0.5) is 5.69 Å². The van der Waals surface area contributed by atoms with Gasteiger partial charge in [0.1, 0.15) is 6.54 Å². The molecule has 0 fully saturated rings. The van der Waals surface area contributed by atoms with Crippen LogP contribution in [0.15, 0.2) is 40.3 Å². The van der Waals surface area contributed by atoms with E-state index in [4.69, 9.17) is 0 Å². The third-order valence-corrected chi connectivity index (χ3v) is 5.69. The van der Waals surface area contributed by atoms with Gasteiger partial charge in [0.05, 0.1) is 17.7 Å². The van der Waals surface area contributed by atoms with E-state index in [0.29, 0.717) is 13.0 Å². The summed E-state index contributed by atoms with van der Waals surface area (Å²) in [4.78, 5) is 32.9. The molecule has 130 valence electrons. The average molecular weight is 356 g/mol. The molecule has 2 aliphatic rings. The monoisotopic (exact) mass is 356 g/mol. The second kappa shape index (κ2) is 7.01. The molecule has 0 bridgehead atoms. The maximum absolute atomic E-state index is 12.8. The third-order valence-electron chi connectivity index (χ3n) is 4.65. The van der Waals surface area contributed by atoms with E-state index in [0.717, 1.165) is 47.1 Å². The molecule has 3 heterocycles. The summed E-state index contributed by atoms with van der Waals surface area (Å²) in [6.07, 6.45) is 2.95. The van der Waals surface area contributed by atoms with Crippen molar-refractivity contribution in [1.82, 2.24) is 14.9 Å². The lowest BCUT2D eigenvalue weighted by molar-refractivity contribution is -0.119. The fraction of sp³-hybridized carbons (Fsp3) is 0.389. The van der Waals surface area contributed by atoms with Crippen LogP contribution in [0.5, 0.6) is 0 Å². The van der Waals surface area contributed by atoms with Gasteiger partial charge in [-0.15, -0.1) is 11.8 Å². The minimum atomic E-state index is -0.0817. The van der Waals surface area contributed by atoms with Gasteiger partial charge in [-0.25, -0.2) is 4.98 Å². The number of fused-ring (bicyclic) bond motifs is 2. The third kappa shape index (κ3) is 3.21. The number of nitrogens with one attached hydrogen (secondary N) is 1. The van der Waals surface area contributed by atoms with Crippen molar-refractivity contribution >= 4 is 23.4 Å². The largest absolute Gasteiger partial charge is 0.316 e. The molecule has 1 amide bonds. The predicted octanol–water partition coefficient (Wildman–Crippen LogP) is 1.07. The standard InChI is InChI=1S/C18H20N4O2S/c23-17(22-9-10-25-16-4-2-1-3-15(16)22)11-21-12-20-14-6-8-19-7-5-13(14)18(21)24/h1-4,12,19H,5-11H2. The van der Waals surface area contributed by atoms with Crippen molar-refractivity contribution in [1.29, 1.82) is 0 Å². The first-order valence-electron chi connectivity index (χ1n) is 8.54. The Morgan fingerprint density at radius 1 is 1.24 bits per heavy atom. The number of hydrogen-bond acceptors (Lipinski definition) is 5. The molecule has 2 aromatic rings. The Morgan fingerprint density at radius 3 is 3.00 bits per heavy atom. The Kier molecular flexibility index (Phi) is 4.59. The van der Waals surface area contributed by atoms with Crippen LogP contribution in [0.3, 0.4) is 0 Å². The second-order valence-corrected chi connectivity index (χ2v) is 7.35. The zero-order valence-corrected chi connectivity index (χ0v) is 14.7. The van der Waals surface area contributed by atoms with Crippen molar-refractivity contribution in [3.8, 4) is 0 Å². The smallest absolute Gasteiger partial charge is 0.257 e. The first-order chi connectivity index (χ1) is 12.2. The molecular weight excluding hydrogens is 336 g/mol. The maximum Gasteiger partial charge on any atom is 0.257 e. The minimum Gasteiger partial charge on any atom is -0.316 e. The zero-order chi connectivity index (χ0) is 17.2. The molecule has 6 nitrogen and oxygen atoms in total. The SMILES string of the molecule is O=C(Cn1cnc2c(c1=O)CCNCC2)N1CCSc2ccccc21. The van der Waals surface area contributed by atoms with Gasteiger partial charge in [0.15, 0.2) is 0 Å². The number of aromatic nitrogens is 2. The molecule has 7 heteroatoms. The molecule has 1 aromatic heterocycles. The van der Waals surface area contributed by atoms with Crippen molar-refractivity contribution in [3.63, 3.8) is 0 Å². The Hall–Kier alpha value is -2.12. The number of nitrogens with zero attached hydrogens (tertiary/aromatic N) is 3. The van der Waals surface area contributed by atoms with E-state index in [9.17, 15) is 9.59 Å². The van der Waals surface area contributed by atoms with Crippen molar-refractivity contribution in [2.24, 2.45) is 0 Å². The van der Waals surface area contributed by atoms with E-state index in [1.54, 1.807) is 16.7 Å². The molecular formula is C18H20N4O2S. The molecule has 0 unspecified atom stereocenters. The number of carbonyl (C=O) groups excluding carboxylic acids is 1. The predicted molar refractivity (Wildman–Crippen MR) is 98.3 cm³/mol. The summed E-state index contributed by atoms with van der Waals surface area (Å²) in [6.45, 7) is 2.31. The normalized spacial score (nSPS) is 16.7. The molecule has 0 spiro atoms. The van der Waals surface area contributed by atoms with Crippen LogP contribution in [0.1, 0.15) is 11.3 Å². The molecule has 1 N–H and O–H groups in total. The highest BCUT2D eigenvalue weighted by molar-refractivity contribution is 7.99. The van der Waals surface area contributed by atoms with Gasteiger partial charge in [-0.1, -0.05) is 12.1 Å². The van der Waals surface area contributed by atoms with Gasteiger partial charge >= 0.3 is 0 Å². The molecule has 25 heavy (non-hydrogen) atoms. The molecule has 0 radical (unpaired) electrons. The van der Waals surface area contributed by atoms with Crippen molar-refractivity contribution in [2.45, 2.75) is 24.3 Å². The van der Waals surface area contributed by atoms with Crippen LogP contribution in [0.25, 0.3) is 0 Å². The molecule has 0 saturated carbocycles. The minimum absolute atomic E-state index is 0.0333. The van der Waals surface area contributed by atoms with E-state index >= 15 is 0 Å². The highest BCUT2D eigenvalue weighted by atomic mass is 32.2. The van der Waals surface area contributed by atoms with Crippen LogP contribution in [0, 0.1) is 0 Å². The summed E-state index contributed by atoms with van der Waals surface area (Å²) < 4.78 is 1.46. The Balaban J connectivity index is 1.60. The second-order valence-electron chi connectivity index (χ2n) is 6.21. The summed E-state index contributed by atoms with van der Waals surface area (Å²) in [5.74, 6) is 0.800. The lowest BCUT2D eigenvalue weighted by atomic mass is 10.1. The molecule has 0 aliphatic carbocycles. The first-order valence-corrected chi connectivity index (χ1v) is 9.53. The number of anilines is 1. The van der Waals surface area contributed by atoms with Crippen LogP contribution in [-0.2, 0) is 24.2 Å². The Bertz CT molecular complexity index is 864. The van der Waals surface area contributed by atoms with E-state index in [2.05, 4.69) is 10.3 Å². The summed E-state index contributed by atoms with van der Waals surface area (Å²) in [5, 5.41) is 3.28. The lowest BCUT2D eigenvalue weighted by Crippen LogP contribution is -2.40. The summed E-state index contributed by atoms with van der Waals surface area (Å²) >= 11 is 1.76. The van der Waals surface area contributed by atoms with Gasteiger partial charge in [-0.05, 0) is 25.1 Å². The first kappa shape index (κ1) is 16.4. The fourth-order valence-corrected chi connectivity index (χ4v) is 4.35. The molecule has 0 atom stereocenters.